The maximum absolute atomic E-state index is 12.3. The predicted molar refractivity (Wildman–Crippen MR) is 96.8 cm³/mol. The average molecular weight is 375 g/mol. The summed E-state index contributed by atoms with van der Waals surface area (Å²) >= 11 is 0. The summed E-state index contributed by atoms with van der Waals surface area (Å²) in [5, 5.41) is 30.4. The van der Waals surface area contributed by atoms with E-state index in [4.69, 9.17) is 4.74 Å². The Balaban J connectivity index is 3.43. The van der Waals surface area contributed by atoms with Gasteiger partial charge in [-0.25, -0.2) is 0 Å². The fourth-order valence-corrected chi connectivity index (χ4v) is 2.28. The van der Waals surface area contributed by atoms with Gasteiger partial charge in [0.05, 0.1) is 4.92 Å². The zero-order valence-electron chi connectivity index (χ0n) is 15.4. The van der Waals surface area contributed by atoms with Gasteiger partial charge in [0.1, 0.15) is 11.6 Å². The number of esters is 1. The van der Waals surface area contributed by atoms with Gasteiger partial charge in [0, 0.05) is 25.6 Å². The van der Waals surface area contributed by atoms with Crippen LogP contribution in [0.15, 0.2) is 17.7 Å². The van der Waals surface area contributed by atoms with Crippen molar-refractivity contribution in [1.29, 1.82) is 5.26 Å². The lowest BCUT2D eigenvalue weighted by molar-refractivity contribution is -0.385. The van der Waals surface area contributed by atoms with Gasteiger partial charge in [-0.3, -0.25) is 19.7 Å². The Hall–Kier alpha value is -3.41. The van der Waals surface area contributed by atoms with Crippen molar-refractivity contribution in [3.8, 4) is 17.6 Å². The summed E-state index contributed by atoms with van der Waals surface area (Å²) in [4.78, 5) is 35.8. The zero-order valence-corrected chi connectivity index (χ0v) is 15.4. The van der Waals surface area contributed by atoms with Crippen LogP contribution < -0.4 is 4.74 Å². The molecular formula is C18H21N3O6. The number of hydrogen-bond acceptors (Lipinski definition) is 7. The van der Waals surface area contributed by atoms with Crippen LogP contribution >= 0.6 is 0 Å². The Bertz CT molecular complexity index is 806. The van der Waals surface area contributed by atoms with Crippen molar-refractivity contribution >= 4 is 23.6 Å². The van der Waals surface area contributed by atoms with E-state index in [1.54, 1.807) is 26.8 Å². The smallest absolute Gasteiger partial charge is 0.315 e. The highest BCUT2D eigenvalue weighted by molar-refractivity contribution is 6.01. The van der Waals surface area contributed by atoms with E-state index in [0.717, 1.165) is 12.1 Å². The highest BCUT2D eigenvalue weighted by Crippen LogP contribution is 2.38. The molecule has 27 heavy (non-hydrogen) atoms. The second-order valence-corrected chi connectivity index (χ2v) is 5.52. The molecule has 1 aromatic carbocycles. The van der Waals surface area contributed by atoms with Crippen LogP contribution in [0.4, 0.5) is 5.69 Å². The number of carbonyl (C=O) groups excluding carboxylic acids is 2. The third kappa shape index (κ3) is 5.54. The van der Waals surface area contributed by atoms with E-state index in [9.17, 15) is 30.1 Å². The van der Waals surface area contributed by atoms with Crippen LogP contribution in [0.3, 0.4) is 0 Å². The summed E-state index contributed by atoms with van der Waals surface area (Å²) in [6, 6.07) is 3.94. The van der Waals surface area contributed by atoms with Crippen LogP contribution in [-0.2, 0) is 9.59 Å². The summed E-state index contributed by atoms with van der Waals surface area (Å²) in [6.07, 6.45) is 1.72. The highest BCUT2D eigenvalue weighted by Gasteiger charge is 2.23. The number of benzene rings is 1. The second-order valence-electron chi connectivity index (χ2n) is 5.52. The van der Waals surface area contributed by atoms with Crippen molar-refractivity contribution in [2.75, 3.05) is 13.1 Å². The van der Waals surface area contributed by atoms with Crippen LogP contribution in [0.1, 0.15) is 39.2 Å². The van der Waals surface area contributed by atoms with E-state index in [-0.39, 0.29) is 17.6 Å². The SMILES string of the molecule is CCCC(=O)Oc1cc(/C=C(\C#N)C(=O)N(CC)CC)cc([N+](=O)[O-])c1O. The molecule has 0 unspecified atom stereocenters. The van der Waals surface area contributed by atoms with Crippen molar-refractivity contribution in [1.82, 2.24) is 4.90 Å². The number of aromatic hydroxyl groups is 1. The number of rotatable bonds is 8. The Morgan fingerprint density at radius 2 is 1.96 bits per heavy atom. The molecular weight excluding hydrogens is 354 g/mol. The number of carbonyl (C=O) groups is 2. The van der Waals surface area contributed by atoms with E-state index in [1.807, 2.05) is 0 Å². The Kier molecular flexibility index (Phi) is 7.94. The van der Waals surface area contributed by atoms with Crippen LogP contribution in [0.5, 0.6) is 11.5 Å². The first-order valence-corrected chi connectivity index (χ1v) is 8.42. The molecule has 1 rings (SSSR count). The van der Waals surface area contributed by atoms with Gasteiger partial charge in [0.25, 0.3) is 5.91 Å². The fraction of sp³-hybridized carbons (Fsp3) is 0.389. The molecule has 0 fully saturated rings. The number of nitro groups is 1. The molecule has 0 aromatic heterocycles. The van der Waals surface area contributed by atoms with Crippen LogP contribution in [0.25, 0.3) is 6.08 Å². The molecule has 0 saturated heterocycles. The minimum Gasteiger partial charge on any atom is -0.499 e. The number of ether oxygens (including phenoxy) is 1. The molecule has 144 valence electrons. The standard InChI is InChI=1S/C18H21N3O6/c1-4-7-16(22)27-15-10-12(9-14(17(15)23)21(25)26)8-13(11-19)18(24)20(5-2)6-3/h8-10,23H,4-7H2,1-3H3/b13-8+. The summed E-state index contributed by atoms with van der Waals surface area (Å²) in [5.74, 6) is -2.39. The Morgan fingerprint density at radius 3 is 2.44 bits per heavy atom. The molecule has 0 radical (unpaired) electrons. The van der Waals surface area contributed by atoms with Gasteiger partial charge < -0.3 is 14.7 Å². The molecule has 0 aliphatic rings. The maximum atomic E-state index is 12.3. The van der Waals surface area contributed by atoms with Gasteiger partial charge in [0.15, 0.2) is 5.75 Å². The van der Waals surface area contributed by atoms with Gasteiger partial charge in [-0.2, -0.15) is 5.26 Å². The van der Waals surface area contributed by atoms with Gasteiger partial charge in [-0.15, -0.1) is 0 Å². The number of phenols is 1. The number of nitriles is 1. The molecule has 9 nitrogen and oxygen atoms in total. The largest absolute Gasteiger partial charge is 0.499 e. The lowest BCUT2D eigenvalue weighted by atomic mass is 10.1. The maximum Gasteiger partial charge on any atom is 0.315 e. The molecule has 0 aliphatic carbocycles. The zero-order chi connectivity index (χ0) is 20.6. The third-order valence-electron chi connectivity index (χ3n) is 3.66. The van der Waals surface area contributed by atoms with E-state index in [2.05, 4.69) is 0 Å². The normalized spacial score (nSPS) is 10.8. The monoisotopic (exact) mass is 375 g/mol. The molecule has 1 N–H and O–H groups in total. The number of nitro benzene ring substituents is 1. The molecule has 1 aromatic rings. The van der Waals surface area contributed by atoms with E-state index >= 15 is 0 Å². The molecule has 0 atom stereocenters. The Labute approximate surface area is 156 Å². The van der Waals surface area contributed by atoms with Gasteiger partial charge in [-0.05, 0) is 38.0 Å². The van der Waals surface area contributed by atoms with E-state index < -0.39 is 34.0 Å². The molecule has 9 heteroatoms. The van der Waals surface area contributed by atoms with Crippen molar-refractivity contribution in [3.63, 3.8) is 0 Å². The van der Waals surface area contributed by atoms with Crippen LogP contribution in [0.2, 0.25) is 0 Å². The lowest BCUT2D eigenvalue weighted by Crippen LogP contribution is -2.31. The fourth-order valence-electron chi connectivity index (χ4n) is 2.28. The second kappa shape index (κ2) is 9.91. The lowest BCUT2D eigenvalue weighted by Gasteiger charge is -2.17. The van der Waals surface area contributed by atoms with Crippen LogP contribution in [0, 0.1) is 21.4 Å². The van der Waals surface area contributed by atoms with Crippen LogP contribution in [-0.4, -0.2) is 39.9 Å². The number of amides is 1. The predicted octanol–water partition coefficient (Wildman–Crippen LogP) is 2.78. The molecule has 0 bridgehead atoms. The van der Waals surface area contributed by atoms with Gasteiger partial charge in [-0.1, -0.05) is 6.92 Å². The highest BCUT2D eigenvalue weighted by atomic mass is 16.6. The first kappa shape index (κ1) is 21.6. The van der Waals surface area contributed by atoms with E-state index in [0.29, 0.717) is 19.5 Å². The molecule has 0 saturated carbocycles. The van der Waals surface area contributed by atoms with E-state index in [1.165, 1.54) is 11.0 Å². The van der Waals surface area contributed by atoms with Crippen molar-refractivity contribution in [2.24, 2.45) is 0 Å². The number of phenolic OH excluding ortho intramolecular Hbond substituents is 1. The summed E-state index contributed by atoms with van der Waals surface area (Å²) in [6.45, 7) is 6.05. The molecule has 0 spiro atoms. The van der Waals surface area contributed by atoms with Crippen molar-refractivity contribution in [3.05, 3.63) is 33.4 Å². The number of likely N-dealkylation sites (N-methyl/N-ethyl adjacent to an activating group) is 1. The summed E-state index contributed by atoms with van der Waals surface area (Å²) < 4.78 is 4.98. The topological polar surface area (TPSA) is 134 Å². The minimum atomic E-state index is -0.845. The molecule has 0 aliphatic heterocycles. The average Bonchev–Trinajstić information content (AvgIpc) is 2.62. The first-order chi connectivity index (χ1) is 12.8. The van der Waals surface area contributed by atoms with Crippen molar-refractivity contribution in [2.45, 2.75) is 33.6 Å². The molecule has 0 heterocycles. The minimum absolute atomic E-state index is 0.0667. The van der Waals surface area contributed by atoms with Gasteiger partial charge >= 0.3 is 11.7 Å². The Morgan fingerprint density at radius 1 is 1.33 bits per heavy atom. The summed E-state index contributed by atoms with van der Waals surface area (Å²) in [5.41, 5.74) is -0.851. The molecule has 1 amide bonds. The quantitative estimate of drug-likeness (QED) is 0.184. The van der Waals surface area contributed by atoms with Crippen molar-refractivity contribution < 1.29 is 24.4 Å². The first-order valence-electron chi connectivity index (χ1n) is 8.42. The van der Waals surface area contributed by atoms with Gasteiger partial charge in [0.2, 0.25) is 5.75 Å². The number of hydrogen-bond donors (Lipinski definition) is 1. The third-order valence-corrected chi connectivity index (χ3v) is 3.66. The number of nitrogens with zero attached hydrogens (tertiary/aromatic N) is 3. The summed E-state index contributed by atoms with van der Waals surface area (Å²) in [7, 11) is 0.